The van der Waals surface area contributed by atoms with Crippen LogP contribution in [0.3, 0.4) is 0 Å². The van der Waals surface area contributed by atoms with Crippen LogP contribution in [0.1, 0.15) is 6.92 Å². The number of hydrazone groups is 1. The molecule has 0 fully saturated rings. The van der Waals surface area contributed by atoms with Crippen LogP contribution in [0.2, 0.25) is 0 Å². The predicted molar refractivity (Wildman–Crippen MR) is 96.7 cm³/mol. The second-order valence-corrected chi connectivity index (χ2v) is 5.67. The Labute approximate surface area is 149 Å². The highest BCUT2D eigenvalue weighted by Gasteiger charge is 2.34. The first-order chi connectivity index (χ1) is 12.7. The Balaban J connectivity index is 1.52. The van der Waals surface area contributed by atoms with Crippen molar-refractivity contribution in [2.45, 2.75) is 13.0 Å². The summed E-state index contributed by atoms with van der Waals surface area (Å²) in [7, 11) is 0. The number of aromatic nitrogens is 3. The van der Waals surface area contributed by atoms with Gasteiger partial charge in [-0.05, 0) is 31.2 Å². The van der Waals surface area contributed by atoms with Gasteiger partial charge in [-0.25, -0.2) is 0 Å². The van der Waals surface area contributed by atoms with Gasteiger partial charge < -0.3 is 0 Å². The fraction of sp³-hybridized carbons (Fsp3) is 0.111. The molecule has 2 aromatic carbocycles. The van der Waals surface area contributed by atoms with Crippen molar-refractivity contribution in [1.82, 2.24) is 15.0 Å². The fourth-order valence-electron chi connectivity index (χ4n) is 2.55. The largest absolute Gasteiger partial charge is 0.280 e. The molecule has 1 aromatic heterocycles. The number of hydrogen-bond donors (Lipinski definition) is 0. The minimum absolute atomic E-state index is 0.243. The van der Waals surface area contributed by atoms with Crippen molar-refractivity contribution in [1.29, 1.82) is 0 Å². The molecule has 2 heterocycles. The number of carbonyl (C=O) groups excluding carboxylic acids is 1. The van der Waals surface area contributed by atoms with Crippen LogP contribution in [0.4, 0.5) is 11.5 Å². The number of carbonyl (C=O) groups is 1. The Morgan fingerprint density at radius 2 is 1.62 bits per heavy atom. The van der Waals surface area contributed by atoms with E-state index in [2.05, 4.69) is 25.5 Å². The Bertz CT molecular complexity index is 979. The number of amides is 1. The molecule has 4 rings (SSSR count). The predicted octanol–water partition coefficient (Wildman–Crippen LogP) is 3.14. The third-order valence-electron chi connectivity index (χ3n) is 3.84. The second kappa shape index (κ2) is 6.67. The molecule has 0 saturated carbocycles. The van der Waals surface area contributed by atoms with Gasteiger partial charge in [-0.15, -0.1) is 15.0 Å². The summed E-state index contributed by atoms with van der Waals surface area (Å²) in [5.41, 5.74) is 2.10. The van der Waals surface area contributed by atoms with Gasteiger partial charge in [0.1, 0.15) is 0 Å². The zero-order valence-electron chi connectivity index (χ0n) is 14.0. The molecule has 0 spiro atoms. The third kappa shape index (κ3) is 3.00. The number of benzene rings is 2. The highest BCUT2D eigenvalue weighted by Crippen LogP contribution is 2.22. The zero-order valence-corrected chi connectivity index (χ0v) is 14.0. The van der Waals surface area contributed by atoms with Gasteiger partial charge in [-0.3, -0.25) is 4.79 Å². The van der Waals surface area contributed by atoms with Crippen LogP contribution in [-0.2, 0) is 4.79 Å². The number of rotatable bonds is 4. The topological polar surface area (TPSA) is 88.1 Å². The van der Waals surface area contributed by atoms with Crippen molar-refractivity contribution in [3.8, 4) is 5.69 Å². The van der Waals surface area contributed by atoms with Crippen LogP contribution in [0.15, 0.2) is 82.2 Å². The summed E-state index contributed by atoms with van der Waals surface area (Å²) < 4.78 is 0. The first-order valence-corrected chi connectivity index (χ1v) is 8.05. The molecule has 1 unspecified atom stereocenters. The van der Waals surface area contributed by atoms with Gasteiger partial charge in [0.05, 0.1) is 23.3 Å². The van der Waals surface area contributed by atoms with Crippen LogP contribution in [-0.4, -0.2) is 32.7 Å². The maximum Gasteiger partial charge on any atom is 0.280 e. The Kier molecular flexibility index (Phi) is 4.06. The van der Waals surface area contributed by atoms with E-state index in [1.807, 2.05) is 60.7 Å². The number of anilines is 1. The molecule has 0 bridgehead atoms. The van der Waals surface area contributed by atoms with Gasteiger partial charge in [0.2, 0.25) is 5.82 Å². The van der Waals surface area contributed by atoms with Crippen LogP contribution in [0.5, 0.6) is 0 Å². The lowest BCUT2D eigenvalue weighted by molar-refractivity contribution is -0.117. The van der Waals surface area contributed by atoms with E-state index in [0.717, 1.165) is 5.69 Å². The molecule has 0 radical (unpaired) electrons. The molecule has 128 valence electrons. The minimum atomic E-state index is -0.753. The maximum absolute atomic E-state index is 12.6. The average Bonchev–Trinajstić information content (AvgIpc) is 3.26. The lowest BCUT2D eigenvalue weighted by Gasteiger charge is -2.11. The van der Waals surface area contributed by atoms with Crippen molar-refractivity contribution >= 4 is 23.1 Å². The van der Waals surface area contributed by atoms with Crippen LogP contribution in [0, 0.1) is 0 Å². The summed E-state index contributed by atoms with van der Waals surface area (Å²) in [6.45, 7) is 1.76. The maximum atomic E-state index is 12.6. The first-order valence-electron chi connectivity index (χ1n) is 8.05. The number of para-hydroxylation sites is 2. The quantitative estimate of drug-likeness (QED) is 0.681. The summed E-state index contributed by atoms with van der Waals surface area (Å²) in [5.74, 6) is 0.0838. The van der Waals surface area contributed by atoms with Gasteiger partial charge in [-0.2, -0.15) is 20.3 Å². The van der Waals surface area contributed by atoms with E-state index < -0.39 is 6.04 Å². The highest BCUT2D eigenvalue weighted by atomic mass is 16.2. The minimum Gasteiger partial charge on any atom is -0.269 e. The Hall–Kier alpha value is -3.68. The van der Waals surface area contributed by atoms with E-state index in [1.54, 1.807) is 6.92 Å². The standard InChI is InChI=1S/C18H15N7O/c1-13-17(18(26)24(22-13)14-8-4-2-5-9-14)21-20-16-12-19-25(23-16)15-10-6-3-7-11-15/h2-12,17H,1H3. The van der Waals surface area contributed by atoms with Gasteiger partial charge in [0.15, 0.2) is 6.04 Å². The van der Waals surface area contributed by atoms with E-state index >= 15 is 0 Å². The van der Waals surface area contributed by atoms with Crippen LogP contribution < -0.4 is 5.01 Å². The molecule has 8 nitrogen and oxygen atoms in total. The number of nitrogens with zero attached hydrogens (tertiary/aromatic N) is 7. The molecule has 1 aliphatic rings. The molecule has 0 saturated heterocycles. The van der Waals surface area contributed by atoms with Crippen molar-refractivity contribution in [2.75, 3.05) is 5.01 Å². The highest BCUT2D eigenvalue weighted by molar-refractivity contribution is 6.18. The van der Waals surface area contributed by atoms with Crippen molar-refractivity contribution in [3.05, 3.63) is 66.9 Å². The molecule has 0 N–H and O–H groups in total. The molecule has 0 aliphatic carbocycles. The first kappa shape index (κ1) is 15.8. The van der Waals surface area contributed by atoms with Crippen molar-refractivity contribution in [3.63, 3.8) is 0 Å². The van der Waals surface area contributed by atoms with Gasteiger partial charge in [0.25, 0.3) is 5.91 Å². The van der Waals surface area contributed by atoms with Gasteiger partial charge in [-0.1, -0.05) is 36.4 Å². The molecule has 26 heavy (non-hydrogen) atoms. The summed E-state index contributed by atoms with van der Waals surface area (Å²) in [6.07, 6.45) is 1.50. The summed E-state index contributed by atoms with van der Waals surface area (Å²) in [6, 6.07) is 18.0. The number of azo groups is 1. The molecule has 3 aromatic rings. The molecular formula is C18H15N7O. The molecule has 1 atom stereocenters. The molecule has 1 amide bonds. The van der Waals surface area contributed by atoms with Crippen molar-refractivity contribution < 1.29 is 4.79 Å². The summed E-state index contributed by atoms with van der Waals surface area (Å²) in [5, 5.41) is 22.2. The summed E-state index contributed by atoms with van der Waals surface area (Å²) >= 11 is 0. The van der Waals surface area contributed by atoms with Gasteiger partial charge in [0, 0.05) is 0 Å². The van der Waals surface area contributed by atoms with E-state index in [0.29, 0.717) is 17.2 Å². The lowest BCUT2D eigenvalue weighted by Crippen LogP contribution is -2.29. The molecule has 1 aliphatic heterocycles. The average molecular weight is 345 g/mol. The second-order valence-electron chi connectivity index (χ2n) is 5.67. The molecule has 8 heteroatoms. The van der Waals surface area contributed by atoms with Crippen LogP contribution in [0.25, 0.3) is 5.69 Å². The normalized spacial score (nSPS) is 17.1. The third-order valence-corrected chi connectivity index (χ3v) is 3.84. The van der Waals surface area contributed by atoms with E-state index in [-0.39, 0.29) is 5.91 Å². The summed E-state index contributed by atoms with van der Waals surface area (Å²) in [4.78, 5) is 14.0. The van der Waals surface area contributed by atoms with E-state index in [4.69, 9.17) is 0 Å². The fourth-order valence-corrected chi connectivity index (χ4v) is 2.55. The van der Waals surface area contributed by atoms with E-state index in [1.165, 1.54) is 16.0 Å². The smallest absolute Gasteiger partial charge is 0.269 e. The lowest BCUT2D eigenvalue weighted by atomic mass is 10.2. The Morgan fingerprint density at radius 3 is 2.31 bits per heavy atom. The van der Waals surface area contributed by atoms with Crippen molar-refractivity contribution in [2.24, 2.45) is 15.3 Å². The van der Waals surface area contributed by atoms with Crippen LogP contribution >= 0.6 is 0 Å². The Morgan fingerprint density at radius 1 is 0.962 bits per heavy atom. The monoisotopic (exact) mass is 345 g/mol. The zero-order chi connectivity index (χ0) is 17.9. The van der Waals surface area contributed by atoms with Gasteiger partial charge >= 0.3 is 0 Å². The molecular weight excluding hydrogens is 330 g/mol. The number of hydrogen-bond acceptors (Lipinski definition) is 6. The van der Waals surface area contributed by atoms with E-state index in [9.17, 15) is 4.79 Å². The SMILES string of the molecule is CC1=NN(c2ccccc2)C(=O)C1N=Nc1cnn(-c2ccccc2)n1.